The van der Waals surface area contributed by atoms with Gasteiger partial charge in [-0.25, -0.2) is 0 Å². The smallest absolute Gasteiger partial charge is 0.307 e. The van der Waals surface area contributed by atoms with Crippen molar-refractivity contribution >= 4 is 24.3 Å². The Bertz CT molecular complexity index is 308. The van der Waals surface area contributed by atoms with E-state index < -0.39 is 5.54 Å². The Labute approximate surface area is 120 Å². The Morgan fingerprint density at radius 1 is 1.42 bits per heavy atom. The van der Waals surface area contributed by atoms with E-state index in [0.29, 0.717) is 6.54 Å². The van der Waals surface area contributed by atoms with Gasteiger partial charge in [0.1, 0.15) is 0 Å². The molecule has 2 unspecified atom stereocenters. The van der Waals surface area contributed by atoms with Gasteiger partial charge in [-0.1, -0.05) is 0 Å². The maximum Gasteiger partial charge on any atom is 0.307 e. The van der Waals surface area contributed by atoms with E-state index in [0.717, 1.165) is 13.0 Å². The van der Waals surface area contributed by atoms with Crippen LogP contribution in [0.1, 0.15) is 19.8 Å². The molecule has 0 aromatic rings. The van der Waals surface area contributed by atoms with Crippen molar-refractivity contribution in [1.82, 2.24) is 10.6 Å². The van der Waals surface area contributed by atoms with Gasteiger partial charge in [-0.05, 0) is 19.9 Å². The molecule has 2 N–H and O–H groups in total. The van der Waals surface area contributed by atoms with Crippen molar-refractivity contribution in [3.8, 4) is 0 Å². The van der Waals surface area contributed by atoms with Gasteiger partial charge in [0, 0.05) is 13.7 Å². The fraction of sp³-hybridized carbons (Fsp3) is 0.833. The van der Waals surface area contributed by atoms with E-state index in [1.807, 2.05) is 0 Å². The number of hydrogen-bond donors (Lipinski definition) is 2. The van der Waals surface area contributed by atoms with Gasteiger partial charge < -0.3 is 20.1 Å². The van der Waals surface area contributed by atoms with Crippen LogP contribution >= 0.6 is 12.4 Å². The second-order valence-electron chi connectivity index (χ2n) is 4.93. The predicted octanol–water partition coefficient (Wildman–Crippen LogP) is 0.102. The topological polar surface area (TPSA) is 76.7 Å². The number of halogens is 1. The molecule has 1 aliphatic rings. The van der Waals surface area contributed by atoms with Crippen LogP contribution in [0.3, 0.4) is 0 Å². The average Bonchev–Trinajstić information content (AvgIpc) is 2.82. The Balaban J connectivity index is 0.00000324. The van der Waals surface area contributed by atoms with Gasteiger partial charge in [-0.3, -0.25) is 9.59 Å². The molecule has 6 nitrogen and oxygen atoms in total. The van der Waals surface area contributed by atoms with Crippen LogP contribution in [0.15, 0.2) is 0 Å². The summed E-state index contributed by atoms with van der Waals surface area (Å²) in [6.07, 6.45) is 0.927. The summed E-state index contributed by atoms with van der Waals surface area (Å²) in [6, 6.07) is 0. The van der Waals surface area contributed by atoms with E-state index in [-0.39, 0.29) is 43.2 Å². The van der Waals surface area contributed by atoms with Gasteiger partial charge in [0.25, 0.3) is 0 Å². The number of nitrogens with one attached hydrogen (secondary N) is 2. The third kappa shape index (κ3) is 5.76. The minimum absolute atomic E-state index is 0. The monoisotopic (exact) mass is 294 g/mol. The first-order chi connectivity index (χ1) is 8.50. The Morgan fingerprint density at radius 3 is 2.58 bits per heavy atom. The molecule has 1 rings (SSSR count). The highest BCUT2D eigenvalue weighted by molar-refractivity contribution is 5.85. The lowest BCUT2D eigenvalue weighted by Crippen LogP contribution is -2.52. The summed E-state index contributed by atoms with van der Waals surface area (Å²) in [6.45, 7) is 3.60. The van der Waals surface area contributed by atoms with E-state index in [4.69, 9.17) is 4.74 Å². The molecule has 112 valence electrons. The quantitative estimate of drug-likeness (QED) is 0.680. The largest absolute Gasteiger partial charge is 0.469 e. The molecule has 0 aromatic heterocycles. The van der Waals surface area contributed by atoms with Crippen LogP contribution in [0.25, 0.3) is 0 Å². The number of hydrogen-bond acceptors (Lipinski definition) is 5. The third-order valence-electron chi connectivity index (χ3n) is 3.08. The van der Waals surface area contributed by atoms with Crippen molar-refractivity contribution in [2.45, 2.75) is 25.3 Å². The van der Waals surface area contributed by atoms with E-state index in [1.54, 1.807) is 14.0 Å². The van der Waals surface area contributed by atoms with E-state index in [1.165, 1.54) is 7.11 Å². The Kier molecular flexibility index (Phi) is 7.97. The van der Waals surface area contributed by atoms with Gasteiger partial charge in [0.2, 0.25) is 5.91 Å². The number of ether oxygens (including phenoxy) is 2. The first-order valence-electron chi connectivity index (χ1n) is 6.09. The molecule has 19 heavy (non-hydrogen) atoms. The van der Waals surface area contributed by atoms with Gasteiger partial charge in [0.15, 0.2) is 0 Å². The minimum atomic E-state index is -0.721. The standard InChI is InChI=1S/C12H22N2O4.ClH/c1-12(8-17-2,6-10(15)18-3)14-11(16)9-4-5-13-7-9;/h9,13H,4-8H2,1-3H3,(H,14,16);1H. The molecule has 1 aliphatic heterocycles. The lowest BCUT2D eigenvalue weighted by Gasteiger charge is -2.30. The van der Waals surface area contributed by atoms with E-state index >= 15 is 0 Å². The number of methoxy groups -OCH3 is 2. The van der Waals surface area contributed by atoms with Crippen molar-refractivity contribution in [1.29, 1.82) is 0 Å². The van der Waals surface area contributed by atoms with Crippen LogP contribution in [-0.4, -0.2) is 51.3 Å². The molecule has 1 fully saturated rings. The molecule has 0 bridgehead atoms. The van der Waals surface area contributed by atoms with Crippen LogP contribution in [0, 0.1) is 5.92 Å². The zero-order valence-corrected chi connectivity index (χ0v) is 12.5. The minimum Gasteiger partial charge on any atom is -0.469 e. The van der Waals surface area contributed by atoms with Crippen molar-refractivity contribution < 1.29 is 19.1 Å². The summed E-state index contributed by atoms with van der Waals surface area (Å²) in [4.78, 5) is 23.4. The molecular formula is C12H23ClN2O4. The fourth-order valence-electron chi connectivity index (χ4n) is 2.12. The van der Waals surface area contributed by atoms with Crippen LogP contribution in [0.5, 0.6) is 0 Å². The second-order valence-corrected chi connectivity index (χ2v) is 4.93. The highest BCUT2D eigenvalue weighted by Crippen LogP contribution is 2.15. The van der Waals surface area contributed by atoms with Gasteiger partial charge in [-0.15, -0.1) is 12.4 Å². The average molecular weight is 295 g/mol. The van der Waals surface area contributed by atoms with Crippen LogP contribution in [0.2, 0.25) is 0 Å². The predicted molar refractivity (Wildman–Crippen MR) is 73.3 cm³/mol. The molecule has 1 amide bonds. The lowest BCUT2D eigenvalue weighted by molar-refractivity contribution is -0.143. The summed E-state index contributed by atoms with van der Waals surface area (Å²) in [5.74, 6) is -0.429. The molecule has 0 saturated carbocycles. The van der Waals surface area contributed by atoms with Crippen LogP contribution < -0.4 is 10.6 Å². The van der Waals surface area contributed by atoms with Crippen molar-refractivity contribution in [2.75, 3.05) is 33.9 Å². The molecule has 0 spiro atoms. The number of carbonyl (C=O) groups excluding carboxylic acids is 2. The zero-order valence-electron chi connectivity index (χ0n) is 11.7. The van der Waals surface area contributed by atoms with Crippen molar-refractivity contribution in [3.63, 3.8) is 0 Å². The maximum atomic E-state index is 12.0. The van der Waals surface area contributed by atoms with Gasteiger partial charge >= 0.3 is 5.97 Å². The summed E-state index contributed by atoms with van der Waals surface area (Å²) < 4.78 is 9.72. The normalized spacial score (nSPS) is 21.1. The van der Waals surface area contributed by atoms with Gasteiger partial charge in [0.05, 0.1) is 31.6 Å². The van der Waals surface area contributed by atoms with Crippen molar-refractivity contribution in [3.05, 3.63) is 0 Å². The van der Waals surface area contributed by atoms with E-state index in [2.05, 4.69) is 15.4 Å². The third-order valence-corrected chi connectivity index (χ3v) is 3.08. The maximum absolute atomic E-state index is 12.0. The summed E-state index contributed by atoms with van der Waals surface area (Å²) in [7, 11) is 2.87. The lowest BCUT2D eigenvalue weighted by atomic mass is 9.97. The number of amides is 1. The fourth-order valence-corrected chi connectivity index (χ4v) is 2.12. The molecule has 0 aliphatic carbocycles. The number of rotatable bonds is 6. The molecular weight excluding hydrogens is 272 g/mol. The number of esters is 1. The Hall–Kier alpha value is -0.850. The first kappa shape index (κ1) is 18.1. The molecule has 1 heterocycles. The Morgan fingerprint density at radius 2 is 2.11 bits per heavy atom. The first-order valence-corrected chi connectivity index (χ1v) is 6.09. The summed E-state index contributed by atoms with van der Waals surface area (Å²) in [5.41, 5.74) is -0.721. The van der Waals surface area contributed by atoms with Crippen molar-refractivity contribution in [2.24, 2.45) is 5.92 Å². The molecule has 1 saturated heterocycles. The molecule has 2 atom stereocenters. The highest BCUT2D eigenvalue weighted by Gasteiger charge is 2.33. The highest BCUT2D eigenvalue weighted by atomic mass is 35.5. The summed E-state index contributed by atoms with van der Waals surface area (Å²) >= 11 is 0. The SMILES string of the molecule is COCC(C)(CC(=O)OC)NC(=O)C1CCNC1.Cl. The number of carbonyl (C=O) groups is 2. The van der Waals surface area contributed by atoms with Gasteiger partial charge in [-0.2, -0.15) is 0 Å². The van der Waals surface area contributed by atoms with E-state index in [9.17, 15) is 9.59 Å². The molecule has 0 aromatic carbocycles. The van der Waals surface area contributed by atoms with Crippen LogP contribution in [-0.2, 0) is 19.1 Å². The zero-order chi connectivity index (χ0) is 13.6. The van der Waals surface area contributed by atoms with Crippen LogP contribution in [0.4, 0.5) is 0 Å². The summed E-state index contributed by atoms with van der Waals surface area (Å²) in [5, 5.41) is 6.04. The molecule has 0 radical (unpaired) electrons. The second kappa shape index (κ2) is 8.35. The molecule has 7 heteroatoms.